The van der Waals surface area contributed by atoms with Gasteiger partial charge in [0.15, 0.2) is 6.61 Å². The lowest BCUT2D eigenvalue weighted by atomic mass is 9.88. The van der Waals surface area contributed by atoms with Crippen LogP contribution in [0, 0.1) is 5.92 Å². The summed E-state index contributed by atoms with van der Waals surface area (Å²) in [5.41, 5.74) is 0.913. The van der Waals surface area contributed by atoms with Gasteiger partial charge in [-0.3, -0.25) is 4.79 Å². The molecule has 0 N–H and O–H groups in total. The molecular weight excluding hydrogens is 306 g/mol. The third-order valence-corrected chi connectivity index (χ3v) is 4.52. The third-order valence-electron chi connectivity index (χ3n) is 4.03. The van der Waals surface area contributed by atoms with E-state index in [1.807, 2.05) is 23.1 Å². The van der Waals surface area contributed by atoms with Crippen LogP contribution < -0.4 is 9.64 Å². The van der Waals surface area contributed by atoms with Crippen LogP contribution in [0.15, 0.2) is 22.7 Å². The maximum atomic E-state index is 12.1. The average molecular weight is 324 g/mol. The van der Waals surface area contributed by atoms with Gasteiger partial charge in [-0.2, -0.15) is 0 Å². The Morgan fingerprint density at radius 1 is 1.26 bits per heavy atom. The summed E-state index contributed by atoms with van der Waals surface area (Å²) in [5, 5.41) is 0. The van der Waals surface area contributed by atoms with Crippen molar-refractivity contribution in [2.24, 2.45) is 5.92 Å². The van der Waals surface area contributed by atoms with Crippen LogP contribution in [0.3, 0.4) is 0 Å². The maximum Gasteiger partial charge on any atom is 0.265 e. The molecule has 0 unspecified atom stereocenters. The summed E-state index contributed by atoms with van der Waals surface area (Å²) in [7, 11) is 0. The third kappa shape index (κ3) is 2.78. The lowest BCUT2D eigenvalue weighted by Gasteiger charge is -2.33. The van der Waals surface area contributed by atoms with E-state index in [-0.39, 0.29) is 12.5 Å². The zero-order chi connectivity index (χ0) is 13.2. The molecule has 4 heteroatoms. The molecular formula is C15H18BrNO2. The molecule has 0 bridgehead atoms. The Kier molecular flexibility index (Phi) is 3.78. The predicted molar refractivity (Wildman–Crippen MR) is 78.6 cm³/mol. The fraction of sp³-hybridized carbons (Fsp3) is 0.533. The number of amides is 1. The highest BCUT2D eigenvalue weighted by molar-refractivity contribution is 9.10. The van der Waals surface area contributed by atoms with Gasteiger partial charge in [0.05, 0.1) is 5.69 Å². The van der Waals surface area contributed by atoms with E-state index in [0.29, 0.717) is 5.92 Å². The van der Waals surface area contributed by atoms with Crippen molar-refractivity contribution in [2.45, 2.75) is 32.1 Å². The van der Waals surface area contributed by atoms with E-state index in [4.69, 9.17) is 4.74 Å². The molecule has 1 aromatic carbocycles. The summed E-state index contributed by atoms with van der Waals surface area (Å²) in [6, 6.07) is 5.86. The smallest absolute Gasteiger partial charge is 0.265 e. The minimum absolute atomic E-state index is 0.0798. The van der Waals surface area contributed by atoms with Gasteiger partial charge in [0.1, 0.15) is 5.75 Å². The van der Waals surface area contributed by atoms with Crippen LogP contribution in [-0.4, -0.2) is 19.1 Å². The number of carbonyl (C=O) groups excluding carboxylic acids is 1. The van der Waals surface area contributed by atoms with Crippen molar-refractivity contribution in [2.75, 3.05) is 18.1 Å². The summed E-state index contributed by atoms with van der Waals surface area (Å²) in [6.07, 6.45) is 6.43. The van der Waals surface area contributed by atoms with Crippen molar-refractivity contribution in [1.82, 2.24) is 0 Å². The number of rotatable bonds is 2. The largest absolute Gasteiger partial charge is 0.482 e. The van der Waals surface area contributed by atoms with Crippen molar-refractivity contribution in [3.63, 3.8) is 0 Å². The summed E-state index contributed by atoms with van der Waals surface area (Å²) in [5.74, 6) is 1.54. The second-order valence-electron chi connectivity index (χ2n) is 5.41. The molecule has 1 aliphatic heterocycles. The Morgan fingerprint density at radius 2 is 2.05 bits per heavy atom. The second kappa shape index (κ2) is 5.53. The van der Waals surface area contributed by atoms with Crippen molar-refractivity contribution in [3.05, 3.63) is 22.7 Å². The van der Waals surface area contributed by atoms with Crippen LogP contribution in [0.4, 0.5) is 5.69 Å². The first kappa shape index (κ1) is 13.0. The molecule has 102 valence electrons. The molecule has 1 saturated carbocycles. The molecule has 0 atom stereocenters. The highest BCUT2D eigenvalue weighted by Gasteiger charge is 2.28. The van der Waals surface area contributed by atoms with Crippen molar-refractivity contribution >= 4 is 27.5 Å². The molecule has 2 aliphatic rings. The van der Waals surface area contributed by atoms with Crippen molar-refractivity contribution < 1.29 is 9.53 Å². The number of halogens is 1. The highest BCUT2D eigenvalue weighted by Crippen LogP contribution is 2.36. The fourth-order valence-corrected chi connectivity index (χ4v) is 3.35. The number of hydrogen-bond donors (Lipinski definition) is 0. The predicted octanol–water partition coefficient (Wildman–Crippen LogP) is 3.75. The quantitative estimate of drug-likeness (QED) is 0.829. The number of benzene rings is 1. The van der Waals surface area contributed by atoms with Gasteiger partial charge in [0.25, 0.3) is 5.91 Å². The van der Waals surface area contributed by atoms with E-state index in [2.05, 4.69) is 15.9 Å². The van der Waals surface area contributed by atoms with Gasteiger partial charge in [0, 0.05) is 11.0 Å². The molecule has 1 aliphatic carbocycles. The van der Waals surface area contributed by atoms with Gasteiger partial charge < -0.3 is 9.64 Å². The maximum absolute atomic E-state index is 12.1. The highest BCUT2D eigenvalue weighted by atomic mass is 79.9. The van der Waals surface area contributed by atoms with Crippen LogP contribution in [0.1, 0.15) is 32.1 Å². The van der Waals surface area contributed by atoms with Crippen LogP contribution >= 0.6 is 15.9 Å². The van der Waals surface area contributed by atoms with Crippen LogP contribution in [0.2, 0.25) is 0 Å². The van der Waals surface area contributed by atoms with Crippen molar-refractivity contribution in [1.29, 1.82) is 0 Å². The minimum Gasteiger partial charge on any atom is -0.482 e. The Labute approximate surface area is 122 Å². The van der Waals surface area contributed by atoms with Crippen LogP contribution in [0.5, 0.6) is 5.75 Å². The number of hydrogen-bond acceptors (Lipinski definition) is 2. The first-order valence-electron chi connectivity index (χ1n) is 6.97. The Balaban J connectivity index is 1.83. The molecule has 0 spiro atoms. The van der Waals surface area contributed by atoms with Crippen LogP contribution in [-0.2, 0) is 4.79 Å². The van der Waals surface area contributed by atoms with E-state index in [1.54, 1.807) is 0 Å². The van der Waals surface area contributed by atoms with E-state index in [9.17, 15) is 4.79 Å². The van der Waals surface area contributed by atoms with Gasteiger partial charge in [-0.05, 0) is 37.0 Å². The van der Waals surface area contributed by atoms with Crippen LogP contribution in [0.25, 0.3) is 0 Å². The normalized spacial score (nSPS) is 20.1. The lowest BCUT2D eigenvalue weighted by Crippen LogP contribution is -2.42. The minimum atomic E-state index is 0.0798. The van der Waals surface area contributed by atoms with E-state index in [0.717, 1.165) is 22.5 Å². The Hall–Kier alpha value is -1.03. The summed E-state index contributed by atoms with van der Waals surface area (Å²) >= 11 is 3.47. The molecule has 0 radical (unpaired) electrons. The van der Waals surface area contributed by atoms with Gasteiger partial charge in [-0.15, -0.1) is 0 Å². The first-order valence-corrected chi connectivity index (χ1v) is 7.76. The Bertz CT molecular complexity index is 483. The number of carbonyl (C=O) groups is 1. The standard InChI is InChI=1S/C15H18BrNO2/c16-12-6-7-14-13(8-12)17(15(18)10-19-14)9-11-4-2-1-3-5-11/h6-8,11H,1-5,9-10H2. The Morgan fingerprint density at radius 3 is 2.84 bits per heavy atom. The van der Waals surface area contributed by atoms with Gasteiger partial charge >= 0.3 is 0 Å². The zero-order valence-electron chi connectivity index (χ0n) is 10.9. The monoisotopic (exact) mass is 323 g/mol. The van der Waals surface area contributed by atoms with E-state index in [1.165, 1.54) is 32.1 Å². The van der Waals surface area contributed by atoms with Gasteiger partial charge in [0.2, 0.25) is 0 Å². The molecule has 3 nitrogen and oxygen atoms in total. The second-order valence-corrected chi connectivity index (χ2v) is 6.32. The van der Waals surface area contributed by atoms with E-state index >= 15 is 0 Å². The number of nitrogens with zero attached hydrogens (tertiary/aromatic N) is 1. The fourth-order valence-electron chi connectivity index (χ4n) is 3.00. The SMILES string of the molecule is O=C1COc2ccc(Br)cc2N1CC1CCCCC1. The average Bonchev–Trinajstić information content (AvgIpc) is 2.43. The lowest BCUT2D eigenvalue weighted by molar-refractivity contribution is -0.121. The molecule has 1 aromatic rings. The molecule has 0 aromatic heterocycles. The molecule has 19 heavy (non-hydrogen) atoms. The molecule has 1 fully saturated rings. The first-order chi connectivity index (χ1) is 9.24. The van der Waals surface area contributed by atoms with Crippen molar-refractivity contribution in [3.8, 4) is 5.75 Å². The topological polar surface area (TPSA) is 29.5 Å². The molecule has 0 saturated heterocycles. The number of ether oxygens (including phenoxy) is 1. The zero-order valence-corrected chi connectivity index (χ0v) is 12.5. The summed E-state index contributed by atoms with van der Waals surface area (Å²) < 4.78 is 6.48. The summed E-state index contributed by atoms with van der Waals surface area (Å²) in [6.45, 7) is 1.01. The molecule has 1 heterocycles. The summed E-state index contributed by atoms with van der Waals surface area (Å²) in [4.78, 5) is 14.0. The van der Waals surface area contributed by atoms with E-state index < -0.39 is 0 Å². The number of anilines is 1. The number of fused-ring (bicyclic) bond motifs is 1. The molecule has 1 amide bonds. The molecule has 3 rings (SSSR count). The van der Waals surface area contributed by atoms with Gasteiger partial charge in [-0.1, -0.05) is 35.2 Å². The van der Waals surface area contributed by atoms with Gasteiger partial charge in [-0.25, -0.2) is 0 Å².